The highest BCUT2D eigenvalue weighted by Crippen LogP contribution is 2.36. The van der Waals surface area contributed by atoms with Gasteiger partial charge in [-0.05, 0) is 30.7 Å². The molecule has 0 unspecified atom stereocenters. The van der Waals surface area contributed by atoms with Crippen LogP contribution >= 0.6 is 11.8 Å². The Hall–Kier alpha value is -3.40. The number of para-hydroxylation sites is 1. The molecule has 2 N–H and O–H groups in total. The monoisotopic (exact) mass is 415 g/mol. The molecule has 2 aromatic rings. The van der Waals surface area contributed by atoms with E-state index < -0.39 is 28.7 Å². The Balaban J connectivity index is 1.50. The second kappa shape index (κ2) is 8.74. The van der Waals surface area contributed by atoms with Crippen LogP contribution in [-0.4, -0.2) is 34.6 Å². The molecule has 0 spiro atoms. The van der Waals surface area contributed by atoms with E-state index in [1.807, 2.05) is 12.1 Å². The number of amides is 2. The van der Waals surface area contributed by atoms with Crippen molar-refractivity contribution in [2.24, 2.45) is 0 Å². The number of aryl methyl sites for hydroxylation is 1. The predicted molar refractivity (Wildman–Crippen MR) is 107 cm³/mol. The number of carbonyl (C=O) groups excluding carboxylic acids is 3. The van der Waals surface area contributed by atoms with Gasteiger partial charge >= 0.3 is 5.97 Å². The van der Waals surface area contributed by atoms with Gasteiger partial charge in [-0.25, -0.2) is 0 Å². The summed E-state index contributed by atoms with van der Waals surface area (Å²) in [5.74, 6) is -1.55. The number of rotatable bonds is 6. The molecule has 0 aromatic heterocycles. The topological polar surface area (TPSA) is 128 Å². The molecule has 0 saturated carbocycles. The number of nitrogens with one attached hydrogen (secondary N) is 2. The summed E-state index contributed by atoms with van der Waals surface area (Å²) in [6.07, 6.45) is -0.172. The van der Waals surface area contributed by atoms with Crippen molar-refractivity contribution in [3.8, 4) is 0 Å². The van der Waals surface area contributed by atoms with E-state index in [0.717, 1.165) is 4.90 Å². The van der Waals surface area contributed by atoms with Gasteiger partial charge < -0.3 is 15.4 Å². The van der Waals surface area contributed by atoms with Crippen molar-refractivity contribution in [2.75, 3.05) is 17.2 Å². The van der Waals surface area contributed by atoms with Gasteiger partial charge in [0.15, 0.2) is 6.61 Å². The number of nitro groups is 1. The molecule has 0 bridgehead atoms. The quantitative estimate of drug-likeness (QED) is 0.422. The third-order valence-corrected chi connectivity index (χ3v) is 5.39. The number of esters is 1. The molecule has 1 atom stereocenters. The molecular formula is C19H17N3O6S. The molecule has 0 saturated heterocycles. The lowest BCUT2D eigenvalue weighted by molar-refractivity contribution is -0.384. The maximum absolute atomic E-state index is 12.1. The third kappa shape index (κ3) is 5.11. The van der Waals surface area contributed by atoms with Crippen LogP contribution < -0.4 is 10.6 Å². The van der Waals surface area contributed by atoms with Gasteiger partial charge in [-0.3, -0.25) is 24.5 Å². The van der Waals surface area contributed by atoms with Gasteiger partial charge in [0.2, 0.25) is 5.91 Å². The summed E-state index contributed by atoms with van der Waals surface area (Å²) in [7, 11) is 0. The van der Waals surface area contributed by atoms with E-state index in [9.17, 15) is 24.5 Å². The Labute approximate surface area is 170 Å². The zero-order chi connectivity index (χ0) is 21.0. The van der Waals surface area contributed by atoms with Crippen LogP contribution in [0.2, 0.25) is 0 Å². The van der Waals surface area contributed by atoms with Crippen LogP contribution in [0, 0.1) is 17.0 Å². The first-order valence-electron chi connectivity index (χ1n) is 8.60. The van der Waals surface area contributed by atoms with E-state index in [1.165, 1.54) is 30.0 Å². The molecule has 29 heavy (non-hydrogen) atoms. The number of carbonyl (C=O) groups is 3. The van der Waals surface area contributed by atoms with Crippen molar-refractivity contribution in [3.05, 3.63) is 58.1 Å². The Morgan fingerprint density at radius 2 is 2.03 bits per heavy atom. The Bertz CT molecular complexity index is 994. The van der Waals surface area contributed by atoms with E-state index in [1.54, 1.807) is 19.1 Å². The van der Waals surface area contributed by atoms with Crippen molar-refractivity contribution >= 4 is 46.6 Å². The highest BCUT2D eigenvalue weighted by molar-refractivity contribution is 8.01. The normalized spacial score (nSPS) is 15.1. The number of thioether (sulfide) groups is 1. The highest BCUT2D eigenvalue weighted by atomic mass is 32.2. The minimum absolute atomic E-state index is 0.0863. The van der Waals surface area contributed by atoms with Gasteiger partial charge in [0.05, 0.1) is 22.3 Å². The minimum Gasteiger partial charge on any atom is -0.456 e. The molecule has 1 heterocycles. The average Bonchev–Trinajstić information content (AvgIpc) is 2.68. The molecule has 0 radical (unpaired) electrons. The fraction of sp³-hybridized carbons (Fsp3) is 0.211. The van der Waals surface area contributed by atoms with Crippen LogP contribution in [-0.2, 0) is 19.1 Å². The van der Waals surface area contributed by atoms with Crippen molar-refractivity contribution in [3.63, 3.8) is 0 Å². The van der Waals surface area contributed by atoms with Gasteiger partial charge in [-0.15, -0.1) is 11.8 Å². The Kier molecular flexibility index (Phi) is 6.13. The zero-order valence-corrected chi connectivity index (χ0v) is 16.2. The molecule has 150 valence electrons. The van der Waals surface area contributed by atoms with E-state index >= 15 is 0 Å². The largest absolute Gasteiger partial charge is 0.456 e. The summed E-state index contributed by atoms with van der Waals surface area (Å²) in [6.45, 7) is 1.09. The van der Waals surface area contributed by atoms with Gasteiger partial charge in [-0.1, -0.05) is 12.1 Å². The van der Waals surface area contributed by atoms with E-state index in [-0.39, 0.29) is 18.0 Å². The fourth-order valence-electron chi connectivity index (χ4n) is 2.67. The molecule has 0 aliphatic carbocycles. The Morgan fingerprint density at radius 3 is 2.76 bits per heavy atom. The summed E-state index contributed by atoms with van der Waals surface area (Å²) in [5, 5.41) is 15.4. The smallest absolute Gasteiger partial charge is 0.307 e. The van der Waals surface area contributed by atoms with Gasteiger partial charge in [-0.2, -0.15) is 0 Å². The number of benzene rings is 2. The molecule has 9 nitrogen and oxygen atoms in total. The molecule has 1 aliphatic rings. The van der Waals surface area contributed by atoms with Crippen LogP contribution in [0.1, 0.15) is 12.0 Å². The van der Waals surface area contributed by atoms with Crippen molar-refractivity contribution < 1.29 is 24.0 Å². The number of nitro benzene ring substituents is 1. The van der Waals surface area contributed by atoms with Crippen LogP contribution in [0.15, 0.2) is 47.4 Å². The number of hydrogen-bond donors (Lipinski definition) is 2. The highest BCUT2D eigenvalue weighted by Gasteiger charge is 2.29. The minimum atomic E-state index is -0.674. The molecule has 2 amide bonds. The fourth-order valence-corrected chi connectivity index (χ4v) is 3.77. The van der Waals surface area contributed by atoms with Crippen molar-refractivity contribution in [2.45, 2.75) is 23.5 Å². The summed E-state index contributed by atoms with van der Waals surface area (Å²) in [4.78, 5) is 47.2. The van der Waals surface area contributed by atoms with Crippen LogP contribution in [0.4, 0.5) is 17.1 Å². The lowest BCUT2D eigenvalue weighted by atomic mass is 10.2. The lowest BCUT2D eigenvalue weighted by Crippen LogP contribution is -2.32. The van der Waals surface area contributed by atoms with Gasteiger partial charge in [0.25, 0.3) is 11.6 Å². The first-order chi connectivity index (χ1) is 13.8. The number of nitrogens with zero attached hydrogens (tertiary/aromatic N) is 1. The number of non-ortho nitro benzene ring substituents is 1. The lowest BCUT2D eigenvalue weighted by Gasteiger charge is -2.23. The predicted octanol–water partition coefficient (Wildman–Crippen LogP) is 2.89. The van der Waals surface area contributed by atoms with Crippen LogP contribution in [0.25, 0.3) is 0 Å². The van der Waals surface area contributed by atoms with Crippen molar-refractivity contribution in [1.82, 2.24) is 0 Å². The van der Waals surface area contributed by atoms with Gasteiger partial charge in [0.1, 0.15) is 0 Å². The zero-order valence-electron chi connectivity index (χ0n) is 15.3. The van der Waals surface area contributed by atoms with E-state index in [4.69, 9.17) is 4.74 Å². The number of hydrogen-bond acceptors (Lipinski definition) is 7. The van der Waals surface area contributed by atoms with Crippen LogP contribution in [0.5, 0.6) is 0 Å². The number of anilines is 2. The van der Waals surface area contributed by atoms with Crippen LogP contribution in [0.3, 0.4) is 0 Å². The maximum atomic E-state index is 12.1. The van der Waals surface area contributed by atoms with E-state index in [0.29, 0.717) is 16.9 Å². The molecule has 0 fully saturated rings. The summed E-state index contributed by atoms with van der Waals surface area (Å²) in [5.41, 5.74) is 1.50. The average molecular weight is 415 g/mol. The summed E-state index contributed by atoms with van der Waals surface area (Å²) in [6, 6.07) is 11.3. The standard InChI is InChI=1S/C19H17N3O6S/c1-11-8-12(22(26)27)6-7-13(11)20-17(23)10-28-18(24)9-16-19(25)21-14-4-2-3-5-15(14)29-16/h2-8,16H,9-10H2,1H3,(H,20,23)(H,21,25)/t16-/m0/s1. The molecule has 1 aliphatic heterocycles. The SMILES string of the molecule is Cc1cc([N+](=O)[O-])ccc1NC(=O)COC(=O)C[C@@H]1Sc2ccccc2NC1=O. The first kappa shape index (κ1) is 20.3. The maximum Gasteiger partial charge on any atom is 0.307 e. The molecule has 10 heteroatoms. The Morgan fingerprint density at radius 1 is 1.28 bits per heavy atom. The summed E-state index contributed by atoms with van der Waals surface area (Å²) < 4.78 is 4.96. The first-order valence-corrected chi connectivity index (χ1v) is 9.48. The second-order valence-electron chi connectivity index (χ2n) is 6.26. The molecule has 3 rings (SSSR count). The summed E-state index contributed by atoms with van der Waals surface area (Å²) >= 11 is 1.27. The number of ether oxygens (including phenoxy) is 1. The van der Waals surface area contributed by atoms with Crippen molar-refractivity contribution in [1.29, 1.82) is 0 Å². The second-order valence-corrected chi connectivity index (χ2v) is 7.51. The van der Waals surface area contributed by atoms with E-state index in [2.05, 4.69) is 10.6 Å². The molecular weight excluding hydrogens is 398 g/mol. The van der Waals surface area contributed by atoms with Gasteiger partial charge in [0, 0.05) is 22.7 Å². The molecule has 2 aromatic carbocycles. The third-order valence-electron chi connectivity index (χ3n) is 4.12. The number of fused-ring (bicyclic) bond motifs is 1.